The van der Waals surface area contributed by atoms with Crippen molar-refractivity contribution in [1.29, 1.82) is 0 Å². The maximum atomic E-state index is 11.1. The number of carbonyl (C=O) groups excluding carboxylic acids is 1. The summed E-state index contributed by atoms with van der Waals surface area (Å²) in [6, 6.07) is 3.86. The summed E-state index contributed by atoms with van der Waals surface area (Å²) in [7, 11) is 1.73. The van der Waals surface area contributed by atoms with E-state index < -0.39 is 0 Å². The van der Waals surface area contributed by atoms with Crippen molar-refractivity contribution >= 4 is 21.8 Å². The highest BCUT2D eigenvalue weighted by atomic mass is 79.9. The van der Waals surface area contributed by atoms with Crippen molar-refractivity contribution in [1.82, 2.24) is 24.9 Å². The SMILES string of the molecule is CC(=O)N(C)Cc1cn(Cc2ccc(Br)cn2)nn1. The fourth-order valence-electron chi connectivity index (χ4n) is 1.51. The molecule has 1 amide bonds. The average molecular weight is 324 g/mol. The molecule has 0 aromatic carbocycles. The fraction of sp³-hybridized carbons (Fsp3) is 0.333. The monoisotopic (exact) mass is 323 g/mol. The average Bonchev–Trinajstić information content (AvgIpc) is 2.79. The third-order valence-electron chi connectivity index (χ3n) is 2.64. The standard InChI is InChI=1S/C12H14BrN5O/c1-9(19)17(2)6-12-8-18(16-15-12)7-11-4-3-10(13)5-14-11/h3-5,8H,6-7H2,1-2H3. The van der Waals surface area contributed by atoms with Crippen LogP contribution in [0.4, 0.5) is 0 Å². The second-order valence-electron chi connectivity index (χ2n) is 4.25. The van der Waals surface area contributed by atoms with Gasteiger partial charge in [0.05, 0.1) is 25.0 Å². The highest BCUT2D eigenvalue weighted by Crippen LogP contribution is 2.08. The van der Waals surface area contributed by atoms with E-state index in [0.29, 0.717) is 13.1 Å². The molecule has 0 atom stereocenters. The van der Waals surface area contributed by atoms with Gasteiger partial charge in [0.25, 0.3) is 0 Å². The van der Waals surface area contributed by atoms with Gasteiger partial charge in [0.2, 0.25) is 5.91 Å². The minimum absolute atomic E-state index is 0.00382. The van der Waals surface area contributed by atoms with E-state index in [9.17, 15) is 4.79 Å². The first kappa shape index (κ1) is 13.7. The molecule has 0 bridgehead atoms. The predicted molar refractivity (Wildman–Crippen MR) is 73.2 cm³/mol. The van der Waals surface area contributed by atoms with Crippen LogP contribution in [0.15, 0.2) is 29.0 Å². The Balaban J connectivity index is 2.01. The summed E-state index contributed by atoms with van der Waals surface area (Å²) in [5.74, 6) is 0.00382. The number of hydrogen-bond donors (Lipinski definition) is 0. The lowest BCUT2D eigenvalue weighted by atomic mass is 10.3. The minimum atomic E-state index is 0.00382. The Labute approximate surface area is 119 Å². The maximum absolute atomic E-state index is 11.1. The van der Waals surface area contributed by atoms with E-state index in [1.807, 2.05) is 18.3 Å². The van der Waals surface area contributed by atoms with Gasteiger partial charge in [0.1, 0.15) is 5.69 Å². The number of aromatic nitrogens is 4. The van der Waals surface area contributed by atoms with Crippen molar-refractivity contribution < 1.29 is 4.79 Å². The van der Waals surface area contributed by atoms with Crippen molar-refractivity contribution in [2.45, 2.75) is 20.0 Å². The molecule has 0 unspecified atom stereocenters. The molecule has 0 aliphatic rings. The normalized spacial score (nSPS) is 10.5. The van der Waals surface area contributed by atoms with Gasteiger partial charge >= 0.3 is 0 Å². The van der Waals surface area contributed by atoms with Gasteiger partial charge in [-0.25, -0.2) is 4.68 Å². The molecule has 19 heavy (non-hydrogen) atoms. The number of hydrogen-bond acceptors (Lipinski definition) is 4. The Kier molecular flexibility index (Phi) is 4.26. The second kappa shape index (κ2) is 5.92. The quantitative estimate of drug-likeness (QED) is 0.854. The minimum Gasteiger partial charge on any atom is -0.340 e. The Bertz CT molecular complexity index is 566. The molecule has 0 saturated heterocycles. The number of pyridine rings is 1. The van der Waals surface area contributed by atoms with E-state index in [4.69, 9.17) is 0 Å². The number of nitrogens with zero attached hydrogens (tertiary/aromatic N) is 5. The second-order valence-corrected chi connectivity index (χ2v) is 5.17. The highest BCUT2D eigenvalue weighted by Gasteiger charge is 2.07. The first-order chi connectivity index (χ1) is 9.04. The maximum Gasteiger partial charge on any atom is 0.219 e. The number of halogens is 1. The van der Waals surface area contributed by atoms with Crippen molar-refractivity contribution in [2.24, 2.45) is 0 Å². The lowest BCUT2D eigenvalue weighted by molar-refractivity contribution is -0.128. The molecular formula is C12H14BrN5O. The van der Waals surface area contributed by atoms with Crippen molar-refractivity contribution in [2.75, 3.05) is 7.05 Å². The molecule has 2 aromatic rings. The summed E-state index contributed by atoms with van der Waals surface area (Å²) in [5, 5.41) is 8.06. The van der Waals surface area contributed by atoms with E-state index in [-0.39, 0.29) is 5.91 Å². The Morgan fingerprint density at radius 3 is 2.84 bits per heavy atom. The van der Waals surface area contributed by atoms with Gasteiger partial charge in [-0.2, -0.15) is 0 Å². The smallest absolute Gasteiger partial charge is 0.219 e. The van der Waals surface area contributed by atoms with Crippen molar-refractivity contribution in [3.8, 4) is 0 Å². The number of rotatable bonds is 4. The zero-order valence-corrected chi connectivity index (χ0v) is 12.3. The molecule has 2 heterocycles. The molecule has 100 valence electrons. The van der Waals surface area contributed by atoms with Crippen LogP contribution in [0.5, 0.6) is 0 Å². The lowest BCUT2D eigenvalue weighted by Crippen LogP contribution is -2.23. The predicted octanol–water partition coefficient (Wildman–Crippen LogP) is 1.46. The first-order valence-electron chi connectivity index (χ1n) is 5.76. The van der Waals surface area contributed by atoms with Crippen LogP contribution in [0.3, 0.4) is 0 Å². The van der Waals surface area contributed by atoms with Crippen LogP contribution in [-0.4, -0.2) is 37.8 Å². The summed E-state index contributed by atoms with van der Waals surface area (Å²) in [6.45, 7) is 2.54. The summed E-state index contributed by atoms with van der Waals surface area (Å²) < 4.78 is 2.65. The van der Waals surface area contributed by atoms with Gasteiger partial charge in [0, 0.05) is 24.6 Å². The van der Waals surface area contributed by atoms with Crippen LogP contribution < -0.4 is 0 Å². The molecule has 0 spiro atoms. The molecule has 0 saturated carbocycles. The van der Waals surface area contributed by atoms with Crippen molar-refractivity contribution in [3.63, 3.8) is 0 Å². The van der Waals surface area contributed by atoms with Crippen LogP contribution in [0.2, 0.25) is 0 Å². The number of carbonyl (C=O) groups is 1. The molecule has 2 aromatic heterocycles. The lowest BCUT2D eigenvalue weighted by Gasteiger charge is -2.11. The van der Waals surface area contributed by atoms with E-state index in [2.05, 4.69) is 31.2 Å². The summed E-state index contributed by atoms with van der Waals surface area (Å²) in [4.78, 5) is 17.0. The van der Waals surface area contributed by atoms with Gasteiger partial charge in [0.15, 0.2) is 0 Å². The van der Waals surface area contributed by atoms with Crippen molar-refractivity contribution in [3.05, 3.63) is 40.4 Å². The largest absolute Gasteiger partial charge is 0.340 e. The summed E-state index contributed by atoms with van der Waals surface area (Å²) >= 11 is 3.34. The van der Waals surface area contributed by atoms with E-state index in [0.717, 1.165) is 15.9 Å². The zero-order valence-electron chi connectivity index (χ0n) is 10.7. The molecule has 0 aliphatic carbocycles. The van der Waals surface area contributed by atoms with E-state index >= 15 is 0 Å². The third kappa shape index (κ3) is 3.85. The third-order valence-corrected chi connectivity index (χ3v) is 3.10. The van der Waals surface area contributed by atoms with Crippen LogP contribution in [-0.2, 0) is 17.9 Å². The molecule has 6 nitrogen and oxygen atoms in total. The van der Waals surface area contributed by atoms with Gasteiger partial charge in [-0.3, -0.25) is 9.78 Å². The Morgan fingerprint density at radius 2 is 2.21 bits per heavy atom. The molecule has 2 rings (SSSR count). The van der Waals surface area contributed by atoms with Crippen LogP contribution >= 0.6 is 15.9 Å². The van der Waals surface area contributed by atoms with Crippen LogP contribution in [0, 0.1) is 0 Å². The molecule has 0 fully saturated rings. The fourth-order valence-corrected chi connectivity index (χ4v) is 1.74. The van der Waals surface area contributed by atoms with E-state index in [1.165, 1.54) is 6.92 Å². The van der Waals surface area contributed by atoms with Gasteiger partial charge < -0.3 is 4.90 Å². The van der Waals surface area contributed by atoms with Gasteiger partial charge in [-0.15, -0.1) is 5.10 Å². The summed E-state index contributed by atoms with van der Waals surface area (Å²) in [6.07, 6.45) is 3.57. The molecule has 0 aliphatic heterocycles. The van der Waals surface area contributed by atoms with E-state index in [1.54, 1.807) is 22.8 Å². The Morgan fingerprint density at radius 1 is 1.42 bits per heavy atom. The Hall–Kier alpha value is -1.76. The van der Waals surface area contributed by atoms with Gasteiger partial charge in [-0.05, 0) is 28.1 Å². The number of amides is 1. The molecule has 0 N–H and O–H groups in total. The van der Waals surface area contributed by atoms with Crippen LogP contribution in [0.1, 0.15) is 18.3 Å². The van der Waals surface area contributed by atoms with Gasteiger partial charge in [-0.1, -0.05) is 5.21 Å². The summed E-state index contributed by atoms with van der Waals surface area (Å²) in [5.41, 5.74) is 1.66. The highest BCUT2D eigenvalue weighted by molar-refractivity contribution is 9.10. The van der Waals surface area contributed by atoms with Crippen LogP contribution in [0.25, 0.3) is 0 Å². The molecule has 0 radical (unpaired) electrons. The topological polar surface area (TPSA) is 63.9 Å². The molecule has 7 heteroatoms. The first-order valence-corrected chi connectivity index (χ1v) is 6.55. The zero-order chi connectivity index (χ0) is 13.8. The molecular weight excluding hydrogens is 310 g/mol.